The molecule has 2 fully saturated rings. The maximum absolute atomic E-state index is 15.2. The molecule has 2 aromatic heterocycles. The largest absolute Gasteiger partial charge is 0.507 e. The number of carbonyl (C=O) groups is 2. The molecule has 2 atom stereocenters. The van der Waals surface area contributed by atoms with Crippen LogP contribution in [0.15, 0.2) is 66.0 Å². The van der Waals surface area contributed by atoms with Crippen LogP contribution in [-0.2, 0) is 9.59 Å². The molecule has 3 aliphatic rings. The van der Waals surface area contributed by atoms with E-state index in [4.69, 9.17) is 16.6 Å². The summed E-state index contributed by atoms with van der Waals surface area (Å²) in [6, 6.07) is 12.1. The van der Waals surface area contributed by atoms with Gasteiger partial charge in [-0.3, -0.25) is 19.0 Å². The van der Waals surface area contributed by atoms with Crippen LogP contribution in [0.4, 0.5) is 15.8 Å². The van der Waals surface area contributed by atoms with Crippen molar-refractivity contribution in [3.63, 3.8) is 0 Å². The van der Waals surface area contributed by atoms with Gasteiger partial charge in [-0.2, -0.15) is 0 Å². The van der Waals surface area contributed by atoms with Crippen LogP contribution in [0.1, 0.15) is 37.7 Å². The zero-order valence-corrected chi connectivity index (χ0v) is 25.6. The summed E-state index contributed by atoms with van der Waals surface area (Å²) in [6.07, 6.45) is 4.27. The Morgan fingerprint density at radius 1 is 1.11 bits per heavy atom. The van der Waals surface area contributed by atoms with Crippen molar-refractivity contribution in [2.45, 2.75) is 44.2 Å². The Bertz CT molecular complexity index is 1970. The highest BCUT2D eigenvalue weighted by atomic mass is 35.5. The van der Waals surface area contributed by atoms with Crippen LogP contribution in [0.25, 0.3) is 28.0 Å². The Hall–Kier alpha value is -4.70. The number of para-hydroxylation sites is 1. The molecule has 0 spiro atoms. The molecule has 0 radical (unpaired) electrons. The average molecular weight is 628 g/mol. The highest BCUT2D eigenvalue weighted by molar-refractivity contribution is 6.34. The van der Waals surface area contributed by atoms with Gasteiger partial charge in [0.1, 0.15) is 28.9 Å². The predicted octanol–water partition coefficient (Wildman–Crippen LogP) is 5.39. The molecule has 1 saturated heterocycles. The third kappa shape index (κ3) is 4.34. The Morgan fingerprint density at radius 3 is 2.56 bits per heavy atom. The van der Waals surface area contributed by atoms with E-state index in [9.17, 15) is 19.5 Å². The van der Waals surface area contributed by atoms with E-state index in [2.05, 4.69) is 6.58 Å². The fourth-order valence-corrected chi connectivity index (χ4v) is 7.19. The van der Waals surface area contributed by atoms with Crippen molar-refractivity contribution in [2.24, 2.45) is 0 Å². The van der Waals surface area contributed by atoms with Crippen molar-refractivity contribution in [3.05, 3.63) is 87.9 Å². The number of carbonyl (C=O) groups excluding carboxylic acids is 2. The normalized spacial score (nSPS) is 19.7. The molecule has 0 bridgehead atoms. The number of pyridine rings is 2. The summed E-state index contributed by atoms with van der Waals surface area (Å²) in [5.41, 5.74) is 1.80. The summed E-state index contributed by atoms with van der Waals surface area (Å²) in [5, 5.41) is 11.2. The summed E-state index contributed by atoms with van der Waals surface area (Å²) < 4.78 is 16.7. The molecule has 7 rings (SSSR count). The van der Waals surface area contributed by atoms with Gasteiger partial charge in [0, 0.05) is 25.0 Å². The minimum absolute atomic E-state index is 0.0134. The van der Waals surface area contributed by atoms with Gasteiger partial charge in [0.2, 0.25) is 5.91 Å². The highest BCUT2D eigenvalue weighted by Gasteiger charge is 2.46. The number of halogens is 2. The molecule has 45 heavy (non-hydrogen) atoms. The van der Waals surface area contributed by atoms with E-state index in [0.717, 1.165) is 24.8 Å². The van der Waals surface area contributed by atoms with Gasteiger partial charge in [-0.15, -0.1) is 0 Å². The van der Waals surface area contributed by atoms with Crippen LogP contribution in [0, 0.1) is 5.82 Å². The number of aromatic hydroxyl groups is 1. The van der Waals surface area contributed by atoms with Gasteiger partial charge in [0.05, 0.1) is 34.2 Å². The summed E-state index contributed by atoms with van der Waals surface area (Å²) in [4.78, 5) is 51.0. The van der Waals surface area contributed by atoms with Gasteiger partial charge in [-0.25, -0.2) is 9.37 Å². The first-order valence-electron chi connectivity index (χ1n) is 15.0. The molecule has 1 saturated carbocycles. The number of likely N-dealkylation sites (N-methyl/N-ethyl adjacent to an activating group) is 1. The van der Waals surface area contributed by atoms with Crippen LogP contribution >= 0.6 is 11.6 Å². The summed E-state index contributed by atoms with van der Waals surface area (Å²) in [5.74, 6) is -1.41. The molecule has 2 amide bonds. The zero-order chi connectivity index (χ0) is 31.7. The topological polar surface area (TPSA) is 99.0 Å². The number of amides is 2. The Balaban J connectivity index is 1.57. The van der Waals surface area contributed by atoms with Crippen LogP contribution in [0.2, 0.25) is 5.02 Å². The molecular weight excluding hydrogens is 597 g/mol. The smallest absolute Gasteiger partial charge is 0.282 e. The van der Waals surface area contributed by atoms with E-state index in [1.54, 1.807) is 18.0 Å². The minimum Gasteiger partial charge on any atom is -0.507 e. The Morgan fingerprint density at radius 2 is 1.87 bits per heavy atom. The molecule has 4 aromatic rings. The van der Waals surface area contributed by atoms with E-state index in [0.29, 0.717) is 16.8 Å². The molecule has 11 heteroatoms. The van der Waals surface area contributed by atoms with Crippen LogP contribution in [0.3, 0.4) is 0 Å². The lowest BCUT2D eigenvalue weighted by atomic mass is 9.79. The van der Waals surface area contributed by atoms with Crippen molar-refractivity contribution in [3.8, 4) is 22.7 Å². The number of phenolic OH excluding ortho intramolecular Hbond substituents is 1. The maximum Gasteiger partial charge on any atom is 0.282 e. The first-order valence-corrected chi connectivity index (χ1v) is 15.3. The van der Waals surface area contributed by atoms with E-state index in [1.807, 2.05) is 36.1 Å². The number of hydrogen-bond acceptors (Lipinski definition) is 6. The molecule has 2 aliphatic heterocycles. The van der Waals surface area contributed by atoms with Gasteiger partial charge in [-0.05, 0) is 61.6 Å². The number of anilines is 2. The number of aromatic nitrogens is 2. The number of fused-ring (bicyclic) bond motifs is 5. The highest BCUT2D eigenvalue weighted by Crippen LogP contribution is 2.45. The molecule has 9 nitrogen and oxygen atoms in total. The van der Waals surface area contributed by atoms with Gasteiger partial charge in [-0.1, -0.05) is 48.9 Å². The van der Waals surface area contributed by atoms with Crippen LogP contribution in [-0.4, -0.2) is 63.6 Å². The number of nitrogens with zero attached hydrogens (tertiary/aromatic N) is 5. The number of piperazine rings is 1. The van der Waals surface area contributed by atoms with E-state index >= 15 is 4.39 Å². The van der Waals surface area contributed by atoms with Gasteiger partial charge >= 0.3 is 0 Å². The molecule has 2 aromatic carbocycles. The monoisotopic (exact) mass is 627 g/mol. The third-order valence-electron chi connectivity index (χ3n) is 9.44. The Kier molecular flexibility index (Phi) is 6.92. The standard InChI is InChI=1S/C34H31ClFN5O4/c1-4-27(43)39-17-25-33(44)38(3)31-30(40(25)16-18(39)2)21-15-22(35)29(28-23(36)12-8-14-26(28)42)37-32(21)41(34(31)45)24-13-6-5-11-20(24)19-9-7-10-19/h4-6,8,11-15,18-19,25,42H,1,7,9-10,16-17H2,2-3H3/t18-,25-/m1/s1. The van der Waals surface area contributed by atoms with Crippen molar-refractivity contribution in [2.75, 3.05) is 29.9 Å². The maximum atomic E-state index is 15.2. The second-order valence-corrected chi connectivity index (χ2v) is 12.4. The molecule has 0 unspecified atom stereocenters. The first kappa shape index (κ1) is 29.0. The molecule has 230 valence electrons. The van der Waals surface area contributed by atoms with Crippen molar-refractivity contribution < 1.29 is 19.1 Å². The fourth-order valence-electron chi connectivity index (χ4n) is 6.94. The lowest BCUT2D eigenvalue weighted by Crippen LogP contribution is -2.66. The number of phenols is 1. The quantitative estimate of drug-likeness (QED) is 0.305. The molecule has 4 heterocycles. The third-order valence-corrected chi connectivity index (χ3v) is 9.73. The zero-order valence-electron chi connectivity index (χ0n) is 24.8. The van der Waals surface area contributed by atoms with E-state index in [-0.39, 0.29) is 70.2 Å². The lowest BCUT2D eigenvalue weighted by Gasteiger charge is -2.49. The SMILES string of the molecule is C=CC(=O)N1C[C@@H]2C(=O)N(C)c3c(c4cc(Cl)c(-c5c(O)cccc5F)nc4n(-c4ccccc4C4CCC4)c3=O)N2C[C@H]1C. The van der Waals surface area contributed by atoms with Crippen molar-refractivity contribution in [1.82, 2.24) is 14.5 Å². The Labute approximate surface area is 263 Å². The predicted molar refractivity (Wildman–Crippen MR) is 172 cm³/mol. The fraction of sp³-hybridized carbons (Fsp3) is 0.294. The first-order chi connectivity index (χ1) is 21.6. The lowest BCUT2D eigenvalue weighted by molar-refractivity contribution is -0.130. The van der Waals surface area contributed by atoms with Gasteiger partial charge in [0.25, 0.3) is 11.5 Å². The van der Waals surface area contributed by atoms with Crippen molar-refractivity contribution in [1.29, 1.82) is 0 Å². The van der Waals surface area contributed by atoms with E-state index in [1.165, 1.54) is 33.7 Å². The minimum atomic E-state index is -0.766. The summed E-state index contributed by atoms with van der Waals surface area (Å²) >= 11 is 6.84. The molecule has 1 N–H and O–H groups in total. The number of hydrogen-bond donors (Lipinski definition) is 1. The van der Waals surface area contributed by atoms with Gasteiger partial charge < -0.3 is 19.8 Å². The van der Waals surface area contributed by atoms with Crippen LogP contribution < -0.4 is 15.4 Å². The van der Waals surface area contributed by atoms with Crippen LogP contribution in [0.5, 0.6) is 5.75 Å². The molecule has 1 aliphatic carbocycles. The summed E-state index contributed by atoms with van der Waals surface area (Å²) in [7, 11) is 1.56. The average Bonchev–Trinajstić information content (AvgIpc) is 2.99. The van der Waals surface area contributed by atoms with Crippen molar-refractivity contribution >= 4 is 45.8 Å². The van der Waals surface area contributed by atoms with Gasteiger partial charge in [0.15, 0.2) is 0 Å². The number of benzene rings is 2. The second-order valence-electron chi connectivity index (χ2n) is 12.0. The second kappa shape index (κ2) is 10.7. The summed E-state index contributed by atoms with van der Waals surface area (Å²) in [6.45, 7) is 5.85. The molecular formula is C34H31ClFN5O4. The van der Waals surface area contributed by atoms with E-state index < -0.39 is 17.4 Å². The number of rotatable bonds is 4.